The fourth-order valence-electron chi connectivity index (χ4n) is 6.14. The molecule has 222 valence electrons. The number of nitrogens with one attached hydrogen (secondary N) is 2. The molecule has 2 aromatic carbocycles. The first-order valence-electron chi connectivity index (χ1n) is 14.5. The Bertz CT molecular complexity index is 1520. The van der Waals surface area contributed by atoms with E-state index in [-0.39, 0.29) is 36.0 Å². The molecule has 0 spiro atoms. The summed E-state index contributed by atoms with van der Waals surface area (Å²) in [5.74, 6) is -0.345. The summed E-state index contributed by atoms with van der Waals surface area (Å²) in [5.41, 5.74) is 11.2. The number of methoxy groups -OCH3 is 1. The largest absolute Gasteiger partial charge is 0.385 e. The molecule has 0 radical (unpaired) electrons. The number of aryl methyl sites for hydroxylation is 2. The number of benzene rings is 2. The SMILES string of the molecule is COCCCn1c(C2CCCN(C(=O)C[C@H](N)Cc3ccc(NC(=O)c4cc[nH]n4)cc3)C2)c(C)c2cccc(F)c21. The van der Waals surface area contributed by atoms with Gasteiger partial charge >= 0.3 is 0 Å². The number of halogens is 1. The third-order valence-corrected chi connectivity index (χ3v) is 8.11. The van der Waals surface area contributed by atoms with E-state index >= 15 is 4.39 Å². The van der Waals surface area contributed by atoms with Gasteiger partial charge in [0.2, 0.25) is 5.91 Å². The number of nitrogens with two attached hydrogens (primary N) is 1. The Kier molecular flexibility index (Phi) is 9.34. The number of nitrogens with zero attached hydrogens (tertiary/aromatic N) is 3. The Labute approximate surface area is 245 Å². The molecule has 4 N–H and O–H groups in total. The second-order valence-corrected chi connectivity index (χ2v) is 11.1. The van der Waals surface area contributed by atoms with E-state index in [0.717, 1.165) is 41.5 Å². The van der Waals surface area contributed by atoms with Crippen LogP contribution in [0, 0.1) is 12.7 Å². The minimum atomic E-state index is -0.335. The van der Waals surface area contributed by atoms with E-state index in [1.165, 1.54) is 6.07 Å². The molecule has 1 fully saturated rings. The maximum absolute atomic E-state index is 15.0. The summed E-state index contributed by atoms with van der Waals surface area (Å²) >= 11 is 0. The third-order valence-electron chi connectivity index (χ3n) is 8.11. The van der Waals surface area contributed by atoms with Crippen molar-refractivity contribution in [1.82, 2.24) is 19.7 Å². The number of hydrogen-bond donors (Lipinski definition) is 3. The second-order valence-electron chi connectivity index (χ2n) is 11.1. The number of aromatic nitrogens is 3. The van der Waals surface area contributed by atoms with Gasteiger partial charge in [-0.05, 0) is 68.0 Å². The van der Waals surface area contributed by atoms with Crippen LogP contribution < -0.4 is 11.1 Å². The van der Waals surface area contributed by atoms with Gasteiger partial charge in [0.1, 0.15) is 11.5 Å². The minimum absolute atomic E-state index is 0.0426. The average Bonchev–Trinajstić information content (AvgIpc) is 3.62. The molecule has 0 saturated carbocycles. The molecule has 1 unspecified atom stereocenters. The van der Waals surface area contributed by atoms with Gasteiger partial charge in [0.15, 0.2) is 0 Å². The van der Waals surface area contributed by atoms with Gasteiger partial charge in [0.25, 0.3) is 5.91 Å². The minimum Gasteiger partial charge on any atom is -0.385 e. The monoisotopic (exact) mass is 574 g/mol. The van der Waals surface area contributed by atoms with Crippen molar-refractivity contribution in [2.75, 3.05) is 32.1 Å². The Morgan fingerprint density at radius 1 is 1.21 bits per heavy atom. The Hall–Kier alpha value is -4.02. The van der Waals surface area contributed by atoms with Crippen LogP contribution in [0.2, 0.25) is 0 Å². The van der Waals surface area contributed by atoms with Crippen molar-refractivity contribution in [2.24, 2.45) is 5.73 Å². The average molecular weight is 575 g/mol. The number of likely N-dealkylation sites (tertiary alicyclic amines) is 1. The number of para-hydroxylation sites is 1. The van der Waals surface area contributed by atoms with E-state index in [1.54, 1.807) is 25.4 Å². The highest BCUT2D eigenvalue weighted by atomic mass is 19.1. The highest BCUT2D eigenvalue weighted by Gasteiger charge is 2.30. The molecule has 5 rings (SSSR count). The molecular formula is C32H39FN6O3. The Morgan fingerprint density at radius 3 is 2.76 bits per heavy atom. The van der Waals surface area contributed by atoms with Crippen LogP contribution in [0.1, 0.15) is 58.9 Å². The van der Waals surface area contributed by atoms with Crippen LogP contribution in [-0.2, 0) is 22.5 Å². The molecule has 42 heavy (non-hydrogen) atoms. The molecule has 2 amide bonds. The smallest absolute Gasteiger partial charge is 0.276 e. The van der Waals surface area contributed by atoms with Crippen molar-refractivity contribution in [3.63, 3.8) is 0 Å². The van der Waals surface area contributed by atoms with Gasteiger partial charge < -0.3 is 25.3 Å². The fourth-order valence-corrected chi connectivity index (χ4v) is 6.14. The van der Waals surface area contributed by atoms with Gasteiger partial charge in [-0.2, -0.15) is 5.10 Å². The van der Waals surface area contributed by atoms with Gasteiger partial charge in [-0.1, -0.05) is 24.3 Å². The normalized spacial score (nSPS) is 16.1. The van der Waals surface area contributed by atoms with E-state index in [9.17, 15) is 9.59 Å². The van der Waals surface area contributed by atoms with Crippen LogP contribution in [0.15, 0.2) is 54.7 Å². The van der Waals surface area contributed by atoms with Crippen molar-refractivity contribution in [3.8, 4) is 0 Å². The number of carbonyl (C=O) groups is 2. The Morgan fingerprint density at radius 2 is 2.02 bits per heavy atom. The third kappa shape index (κ3) is 6.55. The molecule has 0 bridgehead atoms. The molecule has 1 aliphatic rings. The predicted octanol–water partition coefficient (Wildman–Crippen LogP) is 4.77. The summed E-state index contributed by atoms with van der Waals surface area (Å²) in [4.78, 5) is 27.5. The standard InChI is InChI=1S/C32H39FN6O3/c1-21-26-7-3-8-27(33)31(26)39(16-5-17-42-2)30(21)23-6-4-15-38(20-23)29(40)19-24(34)18-22-9-11-25(12-10-22)36-32(41)28-13-14-35-37-28/h3,7-14,23-24H,4-6,15-20,34H2,1-2H3,(H,35,37)(H,36,41)/t23?,24-/m1/s1. The van der Waals surface area contributed by atoms with Gasteiger partial charge in [-0.3, -0.25) is 14.7 Å². The molecule has 1 saturated heterocycles. The lowest BCUT2D eigenvalue weighted by Crippen LogP contribution is -2.42. The number of carbonyl (C=O) groups excluding carboxylic acids is 2. The first-order chi connectivity index (χ1) is 20.4. The van der Waals surface area contributed by atoms with E-state index in [0.29, 0.717) is 49.6 Å². The predicted molar refractivity (Wildman–Crippen MR) is 161 cm³/mol. The van der Waals surface area contributed by atoms with Crippen LogP contribution in [0.3, 0.4) is 0 Å². The number of piperidine rings is 1. The zero-order valence-electron chi connectivity index (χ0n) is 24.2. The van der Waals surface area contributed by atoms with E-state index in [4.69, 9.17) is 10.5 Å². The lowest BCUT2D eigenvalue weighted by atomic mass is 9.91. The maximum atomic E-state index is 15.0. The van der Waals surface area contributed by atoms with Crippen molar-refractivity contribution in [2.45, 2.75) is 57.5 Å². The lowest BCUT2D eigenvalue weighted by molar-refractivity contribution is -0.132. The zero-order valence-corrected chi connectivity index (χ0v) is 24.2. The van der Waals surface area contributed by atoms with Crippen LogP contribution in [0.4, 0.5) is 10.1 Å². The first kappa shape index (κ1) is 29.5. The molecule has 3 heterocycles. The summed E-state index contributed by atoms with van der Waals surface area (Å²) in [6, 6.07) is 14.0. The Balaban J connectivity index is 1.22. The van der Waals surface area contributed by atoms with Crippen molar-refractivity contribution < 1.29 is 18.7 Å². The number of hydrogen-bond acceptors (Lipinski definition) is 5. The topological polar surface area (TPSA) is 118 Å². The summed E-state index contributed by atoms with van der Waals surface area (Å²) < 4.78 is 22.4. The molecule has 1 aliphatic heterocycles. The number of H-pyrrole nitrogens is 1. The maximum Gasteiger partial charge on any atom is 0.276 e. The molecule has 10 heteroatoms. The van der Waals surface area contributed by atoms with E-state index < -0.39 is 0 Å². The van der Waals surface area contributed by atoms with Gasteiger partial charge in [-0.25, -0.2) is 4.39 Å². The first-order valence-corrected chi connectivity index (χ1v) is 14.5. The molecule has 2 aromatic heterocycles. The summed E-state index contributed by atoms with van der Waals surface area (Å²) in [6.07, 6.45) is 5.00. The number of aromatic amines is 1. The van der Waals surface area contributed by atoms with E-state index in [1.807, 2.05) is 35.2 Å². The number of rotatable bonds is 11. The van der Waals surface area contributed by atoms with Crippen LogP contribution in [0.25, 0.3) is 10.9 Å². The highest BCUT2D eigenvalue weighted by molar-refractivity contribution is 6.02. The molecular weight excluding hydrogens is 535 g/mol. The lowest BCUT2D eigenvalue weighted by Gasteiger charge is -2.34. The number of amides is 2. The zero-order chi connectivity index (χ0) is 29.6. The number of fused-ring (bicyclic) bond motifs is 1. The number of ether oxygens (including phenoxy) is 1. The summed E-state index contributed by atoms with van der Waals surface area (Å²) in [6.45, 7) is 4.62. The molecule has 9 nitrogen and oxygen atoms in total. The van der Waals surface area contributed by atoms with E-state index in [2.05, 4.69) is 27.0 Å². The van der Waals surface area contributed by atoms with Crippen LogP contribution >= 0.6 is 0 Å². The quantitative estimate of drug-likeness (QED) is 0.223. The van der Waals surface area contributed by atoms with Crippen molar-refractivity contribution in [1.29, 1.82) is 0 Å². The second kappa shape index (κ2) is 13.3. The van der Waals surface area contributed by atoms with Gasteiger partial charge in [0, 0.05) is 74.7 Å². The molecule has 2 atom stereocenters. The molecule has 4 aromatic rings. The van der Waals surface area contributed by atoms with Gasteiger partial charge in [0.05, 0.1) is 5.52 Å². The highest BCUT2D eigenvalue weighted by Crippen LogP contribution is 2.36. The van der Waals surface area contributed by atoms with Crippen LogP contribution in [-0.4, -0.2) is 64.3 Å². The van der Waals surface area contributed by atoms with Crippen molar-refractivity contribution >= 4 is 28.4 Å². The summed E-state index contributed by atoms with van der Waals surface area (Å²) in [7, 11) is 1.68. The number of anilines is 1. The van der Waals surface area contributed by atoms with Crippen molar-refractivity contribution in [3.05, 3.63) is 83.1 Å². The fraction of sp³-hybridized carbons (Fsp3) is 0.406. The van der Waals surface area contributed by atoms with Gasteiger partial charge in [-0.15, -0.1) is 0 Å². The molecule has 0 aliphatic carbocycles. The van der Waals surface area contributed by atoms with Crippen LogP contribution in [0.5, 0.6) is 0 Å². The summed E-state index contributed by atoms with van der Waals surface area (Å²) in [5, 5.41) is 10.2.